The van der Waals surface area contributed by atoms with Crippen LogP contribution in [0.25, 0.3) is 0 Å². The Morgan fingerprint density at radius 3 is 2.69 bits per heavy atom. The molecule has 0 unspecified atom stereocenters. The summed E-state index contributed by atoms with van der Waals surface area (Å²) in [6.45, 7) is 1.47. The SMILES string of the molecule is CCCS(=O)(=O)c1cccc(CCCF)c1. The first-order valence-electron chi connectivity index (χ1n) is 5.48. The summed E-state index contributed by atoms with van der Waals surface area (Å²) in [5.41, 5.74) is 0.884. The second-order valence-electron chi connectivity index (χ2n) is 3.76. The Labute approximate surface area is 96.4 Å². The third kappa shape index (κ3) is 3.59. The average Bonchev–Trinajstić information content (AvgIpc) is 2.27. The van der Waals surface area contributed by atoms with E-state index in [-0.39, 0.29) is 12.4 Å². The van der Waals surface area contributed by atoms with Crippen LogP contribution in [0.3, 0.4) is 0 Å². The molecule has 0 radical (unpaired) electrons. The monoisotopic (exact) mass is 244 g/mol. The molecule has 4 heteroatoms. The van der Waals surface area contributed by atoms with Crippen LogP contribution in [0.5, 0.6) is 0 Å². The molecular weight excluding hydrogens is 227 g/mol. The number of benzene rings is 1. The Bertz CT molecular complexity index is 426. The van der Waals surface area contributed by atoms with Crippen molar-refractivity contribution in [2.75, 3.05) is 12.4 Å². The Hall–Kier alpha value is -0.900. The maximum Gasteiger partial charge on any atom is 0.178 e. The van der Waals surface area contributed by atoms with Crippen molar-refractivity contribution in [2.45, 2.75) is 31.1 Å². The Morgan fingerprint density at radius 2 is 2.06 bits per heavy atom. The summed E-state index contributed by atoms with van der Waals surface area (Å²) >= 11 is 0. The lowest BCUT2D eigenvalue weighted by molar-refractivity contribution is 0.473. The van der Waals surface area contributed by atoms with E-state index >= 15 is 0 Å². The zero-order valence-corrected chi connectivity index (χ0v) is 10.3. The van der Waals surface area contributed by atoms with Crippen molar-refractivity contribution in [3.8, 4) is 0 Å². The number of rotatable bonds is 6. The van der Waals surface area contributed by atoms with Crippen LogP contribution in [-0.2, 0) is 16.3 Å². The number of alkyl halides is 1. The molecule has 1 aromatic carbocycles. The molecule has 0 fully saturated rings. The smallest absolute Gasteiger partial charge is 0.178 e. The van der Waals surface area contributed by atoms with Crippen LogP contribution in [0.1, 0.15) is 25.3 Å². The summed E-state index contributed by atoms with van der Waals surface area (Å²) in [5, 5.41) is 0. The summed E-state index contributed by atoms with van der Waals surface area (Å²) < 4.78 is 35.6. The largest absolute Gasteiger partial charge is 0.251 e. The maximum atomic E-state index is 12.0. The normalized spacial score (nSPS) is 11.6. The van der Waals surface area contributed by atoms with Gasteiger partial charge in [0, 0.05) is 0 Å². The third-order valence-electron chi connectivity index (χ3n) is 2.33. The fraction of sp³-hybridized carbons (Fsp3) is 0.500. The molecule has 0 bridgehead atoms. The number of hydrogen-bond donors (Lipinski definition) is 0. The molecule has 16 heavy (non-hydrogen) atoms. The van der Waals surface area contributed by atoms with Gasteiger partial charge in [-0.15, -0.1) is 0 Å². The van der Waals surface area contributed by atoms with Gasteiger partial charge >= 0.3 is 0 Å². The van der Waals surface area contributed by atoms with Crippen LogP contribution in [-0.4, -0.2) is 20.8 Å². The lowest BCUT2D eigenvalue weighted by Gasteiger charge is -2.05. The van der Waals surface area contributed by atoms with Gasteiger partial charge in [-0.2, -0.15) is 0 Å². The highest BCUT2D eigenvalue weighted by molar-refractivity contribution is 7.91. The summed E-state index contributed by atoms with van der Waals surface area (Å²) in [6, 6.07) is 6.81. The van der Waals surface area contributed by atoms with E-state index in [9.17, 15) is 12.8 Å². The van der Waals surface area contributed by atoms with Gasteiger partial charge in [0.1, 0.15) is 0 Å². The van der Waals surface area contributed by atoms with Crippen molar-refractivity contribution in [1.29, 1.82) is 0 Å². The van der Waals surface area contributed by atoms with E-state index < -0.39 is 9.84 Å². The van der Waals surface area contributed by atoms with Crippen LogP contribution in [0.15, 0.2) is 29.2 Å². The van der Waals surface area contributed by atoms with Crippen molar-refractivity contribution >= 4 is 9.84 Å². The van der Waals surface area contributed by atoms with Gasteiger partial charge in [0.25, 0.3) is 0 Å². The minimum Gasteiger partial charge on any atom is -0.251 e. The van der Waals surface area contributed by atoms with Crippen LogP contribution in [0.2, 0.25) is 0 Å². The first kappa shape index (κ1) is 13.2. The number of hydrogen-bond acceptors (Lipinski definition) is 2. The molecule has 0 spiro atoms. The van der Waals surface area contributed by atoms with Gasteiger partial charge in [-0.05, 0) is 37.0 Å². The average molecular weight is 244 g/mol. The van der Waals surface area contributed by atoms with Gasteiger partial charge in [-0.3, -0.25) is 4.39 Å². The molecule has 0 heterocycles. The highest BCUT2D eigenvalue weighted by atomic mass is 32.2. The molecule has 0 aliphatic heterocycles. The van der Waals surface area contributed by atoms with Crippen molar-refractivity contribution in [3.05, 3.63) is 29.8 Å². The second kappa shape index (κ2) is 5.99. The predicted octanol–water partition coefficient (Wildman–Crippen LogP) is 2.77. The maximum absolute atomic E-state index is 12.0. The van der Waals surface area contributed by atoms with Crippen LogP contribution in [0.4, 0.5) is 4.39 Å². The molecule has 0 N–H and O–H groups in total. The number of halogens is 1. The third-order valence-corrected chi connectivity index (χ3v) is 4.25. The van der Waals surface area contributed by atoms with Gasteiger partial charge in [-0.25, -0.2) is 8.42 Å². The topological polar surface area (TPSA) is 34.1 Å². The highest BCUT2D eigenvalue weighted by Gasteiger charge is 2.12. The van der Waals surface area contributed by atoms with E-state index in [1.54, 1.807) is 18.2 Å². The predicted molar refractivity (Wildman–Crippen MR) is 63.1 cm³/mol. The minimum absolute atomic E-state index is 0.166. The molecule has 0 aliphatic rings. The summed E-state index contributed by atoms with van der Waals surface area (Å²) in [4.78, 5) is 0.353. The Morgan fingerprint density at radius 1 is 1.31 bits per heavy atom. The van der Waals surface area contributed by atoms with Gasteiger partial charge < -0.3 is 0 Å². The lowest BCUT2D eigenvalue weighted by Crippen LogP contribution is -2.06. The van der Waals surface area contributed by atoms with E-state index in [0.29, 0.717) is 24.2 Å². The van der Waals surface area contributed by atoms with Crippen molar-refractivity contribution < 1.29 is 12.8 Å². The van der Waals surface area contributed by atoms with Gasteiger partial charge in [-0.1, -0.05) is 19.1 Å². The number of sulfone groups is 1. The molecule has 2 nitrogen and oxygen atoms in total. The van der Waals surface area contributed by atoms with Gasteiger partial charge in [0.2, 0.25) is 0 Å². The molecular formula is C12H17FO2S. The minimum atomic E-state index is -3.15. The zero-order valence-electron chi connectivity index (χ0n) is 9.45. The van der Waals surface area contributed by atoms with E-state index in [2.05, 4.69) is 0 Å². The quantitative estimate of drug-likeness (QED) is 0.771. The van der Waals surface area contributed by atoms with E-state index in [4.69, 9.17) is 0 Å². The van der Waals surface area contributed by atoms with Crippen molar-refractivity contribution in [3.63, 3.8) is 0 Å². The molecule has 0 saturated carbocycles. The zero-order chi connectivity index (χ0) is 12.0. The fourth-order valence-electron chi connectivity index (χ4n) is 1.55. The van der Waals surface area contributed by atoms with E-state index in [0.717, 1.165) is 5.56 Å². The highest BCUT2D eigenvalue weighted by Crippen LogP contribution is 2.15. The van der Waals surface area contributed by atoms with Crippen molar-refractivity contribution in [2.24, 2.45) is 0 Å². The molecule has 0 atom stereocenters. The fourth-order valence-corrected chi connectivity index (χ4v) is 2.94. The molecule has 0 aromatic heterocycles. The standard InChI is InChI=1S/C12H17FO2S/c1-2-9-16(14,15)12-7-3-5-11(10-12)6-4-8-13/h3,5,7,10H,2,4,6,8-9H2,1H3. The second-order valence-corrected chi connectivity index (χ2v) is 5.87. The van der Waals surface area contributed by atoms with Crippen LogP contribution < -0.4 is 0 Å². The van der Waals surface area contributed by atoms with Gasteiger partial charge in [0.15, 0.2) is 9.84 Å². The van der Waals surface area contributed by atoms with Crippen molar-refractivity contribution in [1.82, 2.24) is 0 Å². The summed E-state index contributed by atoms with van der Waals surface area (Å²) in [7, 11) is -3.15. The number of aryl methyl sites for hydroxylation is 1. The summed E-state index contributed by atoms with van der Waals surface area (Å²) in [5.74, 6) is 0.166. The first-order chi connectivity index (χ1) is 7.60. The van der Waals surface area contributed by atoms with E-state index in [1.807, 2.05) is 13.0 Å². The first-order valence-corrected chi connectivity index (χ1v) is 7.13. The molecule has 0 amide bonds. The molecule has 90 valence electrons. The van der Waals surface area contributed by atoms with Crippen LogP contribution >= 0.6 is 0 Å². The van der Waals surface area contributed by atoms with Crippen LogP contribution in [0, 0.1) is 0 Å². The molecule has 1 aromatic rings. The molecule has 0 aliphatic carbocycles. The lowest BCUT2D eigenvalue weighted by atomic mass is 10.1. The molecule has 1 rings (SSSR count). The van der Waals surface area contributed by atoms with Gasteiger partial charge in [0.05, 0.1) is 17.3 Å². The Kier molecular flexibility index (Phi) is 4.93. The summed E-state index contributed by atoms with van der Waals surface area (Å²) in [6.07, 6.45) is 1.64. The molecule has 0 saturated heterocycles. The van der Waals surface area contributed by atoms with E-state index in [1.165, 1.54) is 0 Å². The Balaban J connectivity index is 2.89.